The smallest absolute Gasteiger partial charge is 0.319 e. The number of nitrogens with zero attached hydrogens (tertiary/aromatic N) is 1. The molecule has 0 fully saturated rings. The lowest BCUT2D eigenvalue weighted by molar-refractivity contribution is 0.249. The lowest BCUT2D eigenvalue weighted by Gasteiger charge is -2.15. The van der Waals surface area contributed by atoms with Gasteiger partial charge in [-0.25, -0.2) is 4.79 Å². The van der Waals surface area contributed by atoms with E-state index in [4.69, 9.17) is 16.1 Å². The third-order valence-electron chi connectivity index (χ3n) is 2.99. The van der Waals surface area contributed by atoms with Gasteiger partial charge in [0.2, 0.25) is 0 Å². The molecule has 2 rings (SSSR count). The molecule has 6 heteroatoms. The molecule has 0 saturated carbocycles. The largest absolute Gasteiger partial charge is 0.359 e. The van der Waals surface area contributed by atoms with Crippen molar-refractivity contribution in [2.75, 3.05) is 5.32 Å². The van der Waals surface area contributed by atoms with Crippen LogP contribution in [0.25, 0.3) is 0 Å². The number of hydrogen-bond donors (Lipinski definition) is 2. The molecule has 2 N–H and O–H groups in total. The van der Waals surface area contributed by atoms with Crippen molar-refractivity contribution < 1.29 is 9.32 Å². The van der Waals surface area contributed by atoms with Gasteiger partial charge in [0.15, 0.2) is 5.76 Å². The van der Waals surface area contributed by atoms with Crippen LogP contribution in [0, 0.1) is 13.8 Å². The van der Waals surface area contributed by atoms with Crippen LogP contribution in [0.1, 0.15) is 30.0 Å². The van der Waals surface area contributed by atoms with Crippen LogP contribution in [-0.2, 0) is 0 Å². The minimum atomic E-state index is -0.304. The van der Waals surface area contributed by atoms with Crippen LogP contribution in [0.15, 0.2) is 28.8 Å². The molecule has 0 aliphatic heterocycles. The zero-order valence-electron chi connectivity index (χ0n) is 11.5. The van der Waals surface area contributed by atoms with E-state index < -0.39 is 0 Å². The summed E-state index contributed by atoms with van der Waals surface area (Å²) in [6, 6.07) is 6.91. The molecule has 1 heterocycles. The van der Waals surface area contributed by atoms with E-state index in [1.165, 1.54) is 0 Å². The van der Waals surface area contributed by atoms with Gasteiger partial charge in [0.25, 0.3) is 0 Å². The standard InChI is InChI=1S/C14H16ClN3O2/c1-8(11-4-6-12(15)7-5-11)16-14(19)17-13-9(2)18-20-10(13)3/h4-8H,1-3H3,(H2,16,17,19)/t8-/m1/s1. The van der Waals surface area contributed by atoms with E-state index in [-0.39, 0.29) is 12.1 Å². The van der Waals surface area contributed by atoms with Gasteiger partial charge in [-0.15, -0.1) is 0 Å². The summed E-state index contributed by atoms with van der Waals surface area (Å²) < 4.78 is 4.99. The van der Waals surface area contributed by atoms with Crippen molar-refractivity contribution in [1.82, 2.24) is 10.5 Å². The van der Waals surface area contributed by atoms with Gasteiger partial charge in [0.05, 0.1) is 6.04 Å². The fraction of sp³-hybridized carbons (Fsp3) is 0.286. The van der Waals surface area contributed by atoms with Gasteiger partial charge >= 0.3 is 6.03 Å². The normalized spacial score (nSPS) is 12.0. The fourth-order valence-electron chi connectivity index (χ4n) is 1.84. The van der Waals surface area contributed by atoms with Crippen molar-refractivity contribution in [3.63, 3.8) is 0 Å². The number of aromatic nitrogens is 1. The molecule has 2 aromatic rings. The number of aryl methyl sites for hydroxylation is 2. The first-order valence-electron chi connectivity index (χ1n) is 6.23. The van der Waals surface area contributed by atoms with Gasteiger partial charge in [-0.3, -0.25) is 0 Å². The molecule has 20 heavy (non-hydrogen) atoms. The van der Waals surface area contributed by atoms with Crippen molar-refractivity contribution in [2.24, 2.45) is 0 Å². The summed E-state index contributed by atoms with van der Waals surface area (Å²) in [4.78, 5) is 11.9. The minimum Gasteiger partial charge on any atom is -0.359 e. The maximum Gasteiger partial charge on any atom is 0.319 e. The van der Waals surface area contributed by atoms with Gasteiger partial charge in [0, 0.05) is 5.02 Å². The zero-order chi connectivity index (χ0) is 14.7. The van der Waals surface area contributed by atoms with E-state index in [9.17, 15) is 4.79 Å². The van der Waals surface area contributed by atoms with Gasteiger partial charge in [0.1, 0.15) is 11.4 Å². The first-order chi connectivity index (χ1) is 9.47. The van der Waals surface area contributed by atoms with Crippen LogP contribution in [-0.4, -0.2) is 11.2 Å². The van der Waals surface area contributed by atoms with Crippen molar-refractivity contribution >= 4 is 23.3 Å². The van der Waals surface area contributed by atoms with Gasteiger partial charge in [-0.2, -0.15) is 0 Å². The third kappa shape index (κ3) is 3.30. The highest BCUT2D eigenvalue weighted by atomic mass is 35.5. The fourth-order valence-corrected chi connectivity index (χ4v) is 1.97. The van der Waals surface area contributed by atoms with Gasteiger partial charge in [-0.05, 0) is 38.5 Å². The highest BCUT2D eigenvalue weighted by molar-refractivity contribution is 6.30. The number of halogens is 1. The Labute approximate surface area is 122 Å². The summed E-state index contributed by atoms with van der Waals surface area (Å²) in [6.45, 7) is 5.42. The Kier molecular flexibility index (Phi) is 4.29. The van der Waals surface area contributed by atoms with Crippen molar-refractivity contribution in [3.8, 4) is 0 Å². The topological polar surface area (TPSA) is 67.2 Å². The van der Waals surface area contributed by atoms with Crippen molar-refractivity contribution in [1.29, 1.82) is 0 Å². The van der Waals surface area contributed by atoms with Crippen LogP contribution < -0.4 is 10.6 Å². The number of hydrogen-bond acceptors (Lipinski definition) is 3. The van der Waals surface area contributed by atoms with E-state index >= 15 is 0 Å². The number of benzene rings is 1. The van der Waals surface area contributed by atoms with Crippen LogP contribution in [0.3, 0.4) is 0 Å². The van der Waals surface area contributed by atoms with Gasteiger partial charge in [-0.1, -0.05) is 28.9 Å². The average Bonchev–Trinajstić information content (AvgIpc) is 2.71. The molecular weight excluding hydrogens is 278 g/mol. The lowest BCUT2D eigenvalue weighted by Crippen LogP contribution is -2.31. The van der Waals surface area contributed by atoms with E-state index in [1.807, 2.05) is 19.1 Å². The summed E-state index contributed by atoms with van der Waals surface area (Å²) >= 11 is 5.83. The lowest BCUT2D eigenvalue weighted by atomic mass is 10.1. The zero-order valence-corrected chi connectivity index (χ0v) is 12.3. The quantitative estimate of drug-likeness (QED) is 0.904. The second kappa shape index (κ2) is 5.96. The van der Waals surface area contributed by atoms with E-state index in [1.54, 1.807) is 26.0 Å². The van der Waals surface area contributed by atoms with Crippen LogP contribution in [0.5, 0.6) is 0 Å². The molecule has 5 nitrogen and oxygen atoms in total. The van der Waals surface area contributed by atoms with Crippen molar-refractivity contribution in [2.45, 2.75) is 26.8 Å². The maximum atomic E-state index is 11.9. The third-order valence-corrected chi connectivity index (χ3v) is 3.24. The Hall–Kier alpha value is -2.01. The van der Waals surface area contributed by atoms with Gasteiger partial charge < -0.3 is 15.2 Å². The number of anilines is 1. The Balaban J connectivity index is 1.99. The number of amides is 2. The Morgan fingerprint density at radius 3 is 2.50 bits per heavy atom. The molecule has 0 spiro atoms. The second-order valence-electron chi connectivity index (χ2n) is 4.57. The molecule has 1 aromatic heterocycles. The van der Waals surface area contributed by atoms with E-state index in [0.29, 0.717) is 22.2 Å². The average molecular weight is 294 g/mol. The number of nitrogens with one attached hydrogen (secondary N) is 2. The Morgan fingerprint density at radius 1 is 1.30 bits per heavy atom. The molecule has 0 unspecified atom stereocenters. The molecule has 0 aliphatic rings. The molecule has 2 amide bonds. The predicted octanol–water partition coefficient (Wildman–Crippen LogP) is 3.83. The SMILES string of the molecule is Cc1noc(C)c1NC(=O)N[C@H](C)c1ccc(Cl)cc1. The first kappa shape index (κ1) is 14.4. The molecular formula is C14H16ClN3O2. The second-order valence-corrected chi connectivity index (χ2v) is 5.01. The number of carbonyl (C=O) groups excluding carboxylic acids is 1. The highest BCUT2D eigenvalue weighted by Crippen LogP contribution is 2.19. The summed E-state index contributed by atoms with van der Waals surface area (Å²) in [5.41, 5.74) is 2.23. The monoisotopic (exact) mass is 293 g/mol. The molecule has 0 radical (unpaired) electrons. The molecule has 1 aromatic carbocycles. The summed E-state index contributed by atoms with van der Waals surface area (Å²) in [5.74, 6) is 0.580. The van der Waals surface area contributed by atoms with Crippen molar-refractivity contribution in [3.05, 3.63) is 46.3 Å². The van der Waals surface area contributed by atoms with Crippen LogP contribution in [0.2, 0.25) is 5.02 Å². The molecule has 0 aliphatic carbocycles. The van der Waals surface area contributed by atoms with Crippen LogP contribution in [0.4, 0.5) is 10.5 Å². The van der Waals surface area contributed by atoms with E-state index in [0.717, 1.165) is 5.56 Å². The molecule has 0 bridgehead atoms. The Morgan fingerprint density at radius 2 is 1.95 bits per heavy atom. The first-order valence-corrected chi connectivity index (χ1v) is 6.61. The predicted molar refractivity (Wildman–Crippen MR) is 78.0 cm³/mol. The highest BCUT2D eigenvalue weighted by Gasteiger charge is 2.14. The Bertz CT molecular complexity index is 588. The van der Waals surface area contributed by atoms with E-state index in [2.05, 4.69) is 15.8 Å². The molecule has 1 atom stereocenters. The number of urea groups is 1. The number of rotatable bonds is 3. The molecule has 106 valence electrons. The van der Waals surface area contributed by atoms with Crippen LogP contribution >= 0.6 is 11.6 Å². The summed E-state index contributed by atoms with van der Waals surface area (Å²) in [6.07, 6.45) is 0. The minimum absolute atomic E-state index is 0.132. The maximum absolute atomic E-state index is 11.9. The summed E-state index contributed by atoms with van der Waals surface area (Å²) in [7, 11) is 0. The summed E-state index contributed by atoms with van der Waals surface area (Å²) in [5, 5.41) is 10.0. The molecule has 0 saturated heterocycles. The number of carbonyl (C=O) groups is 1.